The van der Waals surface area contributed by atoms with Crippen LogP contribution in [0.25, 0.3) is 0 Å². The van der Waals surface area contributed by atoms with Crippen LogP contribution in [0.4, 0.5) is 23.0 Å². The number of methoxy groups -OCH3 is 1. The molecule has 3 heterocycles. The van der Waals surface area contributed by atoms with E-state index in [1.165, 1.54) is 11.8 Å². The molecule has 1 aliphatic heterocycles. The largest absolute Gasteiger partial charge is 0.479 e. The second kappa shape index (κ2) is 9.00. The zero-order valence-corrected chi connectivity index (χ0v) is 17.8. The lowest BCUT2D eigenvalue weighted by atomic mass is 10.2. The maximum atomic E-state index is 12.5. The molecule has 4 rings (SSSR count). The predicted molar refractivity (Wildman–Crippen MR) is 117 cm³/mol. The number of ether oxygens (including phenoxy) is 2. The molecule has 10 heteroatoms. The van der Waals surface area contributed by atoms with Crippen molar-refractivity contribution in [3.63, 3.8) is 0 Å². The fraction of sp³-hybridized carbons (Fsp3) is 0.333. The van der Waals surface area contributed by atoms with Crippen LogP contribution in [-0.4, -0.2) is 59.1 Å². The number of benzene rings is 1. The Labute approximate surface area is 180 Å². The number of amides is 1. The first-order valence-corrected chi connectivity index (χ1v) is 9.96. The number of anilines is 4. The van der Waals surface area contributed by atoms with Crippen LogP contribution in [-0.2, 0) is 11.8 Å². The van der Waals surface area contributed by atoms with Crippen LogP contribution >= 0.6 is 0 Å². The standard InChI is InChI=1S/C21H25N7O3/c1-14-22-18(12-19(23-14)28-8-10-31-11-9-28)24-15-4-6-16(7-5-15)25-20(29)17-13-27(2)26-21(17)30-3/h4-7,12-13H,8-11H2,1-3H3,(H,25,29)(H,22,23,24). The quantitative estimate of drug-likeness (QED) is 0.622. The summed E-state index contributed by atoms with van der Waals surface area (Å²) in [7, 11) is 3.22. The lowest BCUT2D eigenvalue weighted by Gasteiger charge is -2.28. The van der Waals surface area contributed by atoms with E-state index in [2.05, 4.69) is 30.6 Å². The van der Waals surface area contributed by atoms with Gasteiger partial charge in [0, 0.05) is 43.8 Å². The van der Waals surface area contributed by atoms with E-state index in [0.29, 0.717) is 36.1 Å². The minimum Gasteiger partial charge on any atom is -0.479 e. The van der Waals surface area contributed by atoms with Crippen molar-refractivity contribution in [2.24, 2.45) is 7.05 Å². The number of hydrogen-bond acceptors (Lipinski definition) is 8. The molecule has 0 bridgehead atoms. The lowest BCUT2D eigenvalue weighted by Crippen LogP contribution is -2.36. The molecular formula is C21H25N7O3. The Morgan fingerprint density at radius 1 is 1.13 bits per heavy atom. The van der Waals surface area contributed by atoms with Crippen molar-refractivity contribution in [2.45, 2.75) is 6.92 Å². The summed E-state index contributed by atoms with van der Waals surface area (Å²) in [6.07, 6.45) is 1.62. The number of carbonyl (C=O) groups excluding carboxylic acids is 1. The zero-order chi connectivity index (χ0) is 21.8. The van der Waals surface area contributed by atoms with Crippen molar-refractivity contribution in [3.8, 4) is 5.88 Å². The van der Waals surface area contributed by atoms with Gasteiger partial charge >= 0.3 is 0 Å². The molecule has 1 fully saturated rings. The maximum absolute atomic E-state index is 12.5. The summed E-state index contributed by atoms with van der Waals surface area (Å²) >= 11 is 0. The van der Waals surface area contributed by atoms with Crippen molar-refractivity contribution in [1.29, 1.82) is 0 Å². The number of rotatable bonds is 6. The van der Waals surface area contributed by atoms with E-state index in [9.17, 15) is 4.79 Å². The van der Waals surface area contributed by atoms with Gasteiger partial charge in [-0.2, -0.15) is 0 Å². The summed E-state index contributed by atoms with van der Waals surface area (Å²) < 4.78 is 12.1. The van der Waals surface area contributed by atoms with Crippen LogP contribution in [0.3, 0.4) is 0 Å². The van der Waals surface area contributed by atoms with Gasteiger partial charge in [0.25, 0.3) is 5.91 Å². The summed E-state index contributed by atoms with van der Waals surface area (Å²) in [5.41, 5.74) is 1.89. The number of aryl methyl sites for hydroxylation is 2. The van der Waals surface area contributed by atoms with Gasteiger partial charge in [0.15, 0.2) is 0 Å². The number of carbonyl (C=O) groups is 1. The van der Waals surface area contributed by atoms with Gasteiger partial charge in [-0.05, 0) is 31.2 Å². The molecule has 0 spiro atoms. The van der Waals surface area contributed by atoms with Gasteiger partial charge in [-0.25, -0.2) is 9.97 Å². The molecule has 1 aliphatic rings. The van der Waals surface area contributed by atoms with Gasteiger partial charge in [0.1, 0.15) is 23.0 Å². The van der Waals surface area contributed by atoms with Crippen molar-refractivity contribution in [3.05, 3.63) is 47.9 Å². The summed E-state index contributed by atoms with van der Waals surface area (Å²) in [4.78, 5) is 23.7. The molecule has 3 aromatic rings. The van der Waals surface area contributed by atoms with Gasteiger partial charge in [0.05, 0.1) is 20.3 Å². The van der Waals surface area contributed by atoms with Crippen molar-refractivity contribution < 1.29 is 14.3 Å². The van der Waals surface area contributed by atoms with Gasteiger partial charge in [-0.1, -0.05) is 0 Å². The van der Waals surface area contributed by atoms with Crippen LogP contribution in [0.15, 0.2) is 36.5 Å². The Kier molecular flexibility index (Phi) is 5.99. The molecule has 1 amide bonds. The Morgan fingerprint density at radius 2 is 1.84 bits per heavy atom. The fourth-order valence-corrected chi connectivity index (χ4v) is 3.33. The predicted octanol–water partition coefficient (Wildman–Crippen LogP) is 2.36. The second-order valence-electron chi connectivity index (χ2n) is 7.14. The number of nitrogens with zero attached hydrogens (tertiary/aromatic N) is 5. The minimum absolute atomic E-state index is 0.285. The number of nitrogens with one attached hydrogen (secondary N) is 2. The highest BCUT2D eigenvalue weighted by Crippen LogP contribution is 2.23. The highest BCUT2D eigenvalue weighted by molar-refractivity contribution is 6.05. The number of hydrogen-bond donors (Lipinski definition) is 2. The first-order valence-electron chi connectivity index (χ1n) is 9.96. The van der Waals surface area contributed by atoms with Crippen molar-refractivity contribution >= 4 is 28.9 Å². The Hall–Kier alpha value is -3.66. The molecule has 0 unspecified atom stereocenters. The third kappa shape index (κ3) is 4.92. The maximum Gasteiger partial charge on any atom is 0.262 e. The summed E-state index contributed by atoms with van der Waals surface area (Å²) in [5.74, 6) is 2.29. The average molecular weight is 423 g/mol. The third-order valence-electron chi connectivity index (χ3n) is 4.81. The smallest absolute Gasteiger partial charge is 0.262 e. The molecule has 1 aromatic carbocycles. The van der Waals surface area contributed by atoms with Crippen LogP contribution in [0, 0.1) is 6.92 Å². The highest BCUT2D eigenvalue weighted by atomic mass is 16.5. The van der Waals surface area contributed by atoms with E-state index in [0.717, 1.165) is 24.6 Å². The van der Waals surface area contributed by atoms with Crippen molar-refractivity contribution in [2.75, 3.05) is 48.9 Å². The minimum atomic E-state index is -0.285. The Morgan fingerprint density at radius 3 is 2.55 bits per heavy atom. The summed E-state index contributed by atoms with van der Waals surface area (Å²) in [6.45, 7) is 4.90. The van der Waals surface area contributed by atoms with Crippen LogP contribution in [0.2, 0.25) is 0 Å². The van der Waals surface area contributed by atoms with Crippen molar-refractivity contribution in [1.82, 2.24) is 19.7 Å². The molecular weight excluding hydrogens is 398 g/mol. The van der Waals surface area contributed by atoms with E-state index >= 15 is 0 Å². The Balaban J connectivity index is 1.44. The molecule has 162 valence electrons. The van der Waals surface area contributed by atoms with E-state index in [1.807, 2.05) is 37.3 Å². The molecule has 10 nitrogen and oxygen atoms in total. The molecule has 0 saturated carbocycles. The van der Waals surface area contributed by atoms with Gasteiger partial charge in [0.2, 0.25) is 5.88 Å². The Bertz CT molecular complexity index is 1060. The van der Waals surface area contributed by atoms with Gasteiger partial charge in [-0.15, -0.1) is 5.10 Å². The summed E-state index contributed by atoms with van der Waals surface area (Å²) in [5, 5.41) is 10.3. The first-order chi connectivity index (χ1) is 15.0. The fourth-order valence-electron chi connectivity index (χ4n) is 3.33. The van der Waals surface area contributed by atoms with Gasteiger partial charge < -0.3 is 25.0 Å². The number of morpholine rings is 1. The van der Waals surface area contributed by atoms with Crippen LogP contribution in [0.5, 0.6) is 5.88 Å². The van der Waals surface area contributed by atoms with E-state index in [-0.39, 0.29) is 11.8 Å². The first kappa shape index (κ1) is 20.6. The summed E-state index contributed by atoms with van der Waals surface area (Å²) in [6, 6.07) is 9.33. The normalized spacial score (nSPS) is 13.7. The van der Waals surface area contributed by atoms with E-state index < -0.39 is 0 Å². The highest BCUT2D eigenvalue weighted by Gasteiger charge is 2.17. The molecule has 2 N–H and O–H groups in total. The van der Waals surface area contributed by atoms with Crippen LogP contribution in [0.1, 0.15) is 16.2 Å². The lowest BCUT2D eigenvalue weighted by molar-refractivity contribution is 0.102. The third-order valence-corrected chi connectivity index (χ3v) is 4.81. The monoisotopic (exact) mass is 423 g/mol. The molecule has 0 aliphatic carbocycles. The molecule has 31 heavy (non-hydrogen) atoms. The zero-order valence-electron chi connectivity index (χ0n) is 17.8. The topological polar surface area (TPSA) is 106 Å². The molecule has 2 aromatic heterocycles. The molecule has 0 radical (unpaired) electrons. The second-order valence-corrected chi connectivity index (χ2v) is 7.14. The number of aromatic nitrogens is 4. The average Bonchev–Trinajstić information content (AvgIpc) is 3.16. The molecule has 0 atom stereocenters. The van der Waals surface area contributed by atoms with E-state index in [4.69, 9.17) is 9.47 Å². The molecule has 1 saturated heterocycles. The van der Waals surface area contributed by atoms with Crippen LogP contribution < -0.4 is 20.3 Å². The van der Waals surface area contributed by atoms with Gasteiger partial charge in [-0.3, -0.25) is 9.48 Å². The SMILES string of the molecule is COc1nn(C)cc1C(=O)Nc1ccc(Nc2cc(N3CCOCC3)nc(C)n2)cc1. The van der Waals surface area contributed by atoms with E-state index in [1.54, 1.807) is 13.2 Å².